The number of hydrogen-bond acceptors (Lipinski definition) is 4. The van der Waals surface area contributed by atoms with Gasteiger partial charge in [-0.1, -0.05) is 19.1 Å². The van der Waals surface area contributed by atoms with Crippen LogP contribution in [0, 0.1) is 0 Å². The van der Waals surface area contributed by atoms with Crippen molar-refractivity contribution < 1.29 is 9.21 Å². The van der Waals surface area contributed by atoms with Crippen LogP contribution < -0.4 is 10.6 Å². The van der Waals surface area contributed by atoms with Crippen LogP contribution in [0.5, 0.6) is 0 Å². The van der Waals surface area contributed by atoms with E-state index >= 15 is 0 Å². The van der Waals surface area contributed by atoms with Crippen molar-refractivity contribution in [1.29, 1.82) is 0 Å². The Labute approximate surface area is 170 Å². The van der Waals surface area contributed by atoms with E-state index in [9.17, 15) is 4.79 Å². The summed E-state index contributed by atoms with van der Waals surface area (Å²) in [4.78, 5) is 19.2. The molecule has 2 aromatic rings. The molecule has 1 unspecified atom stereocenters. The summed E-state index contributed by atoms with van der Waals surface area (Å²) in [6.45, 7) is 7.89. The highest BCUT2D eigenvalue weighted by molar-refractivity contribution is 8.00. The molecule has 0 bridgehead atoms. The van der Waals surface area contributed by atoms with Crippen molar-refractivity contribution in [3.63, 3.8) is 0 Å². The predicted molar refractivity (Wildman–Crippen MR) is 116 cm³/mol. The van der Waals surface area contributed by atoms with Crippen LogP contribution in [-0.2, 0) is 6.54 Å². The quantitative estimate of drug-likeness (QED) is 0.570. The van der Waals surface area contributed by atoms with Gasteiger partial charge >= 0.3 is 0 Å². The Kier molecular flexibility index (Phi) is 7.42. The summed E-state index contributed by atoms with van der Waals surface area (Å²) in [5, 5.41) is 6.92. The first-order valence-electron chi connectivity index (χ1n) is 9.78. The van der Waals surface area contributed by atoms with E-state index in [-0.39, 0.29) is 5.91 Å². The van der Waals surface area contributed by atoms with E-state index in [0.717, 1.165) is 42.6 Å². The monoisotopic (exact) mass is 400 g/mol. The Bertz CT molecular complexity index is 774. The number of rotatable bonds is 6. The van der Waals surface area contributed by atoms with Crippen LogP contribution in [0.2, 0.25) is 0 Å². The van der Waals surface area contributed by atoms with Gasteiger partial charge in [0.1, 0.15) is 0 Å². The Morgan fingerprint density at radius 3 is 2.79 bits per heavy atom. The maximum absolute atomic E-state index is 12.0. The van der Waals surface area contributed by atoms with E-state index in [1.165, 1.54) is 12.7 Å². The summed E-state index contributed by atoms with van der Waals surface area (Å²) in [5.74, 6) is 2.18. The minimum absolute atomic E-state index is 0.251. The number of carbonyl (C=O) groups is 1. The number of nitrogens with one attached hydrogen (secondary N) is 2. The number of nitrogens with zero attached hydrogens (tertiary/aromatic N) is 2. The second-order valence-electron chi connectivity index (χ2n) is 6.65. The van der Waals surface area contributed by atoms with Crippen molar-refractivity contribution in [2.45, 2.75) is 32.1 Å². The molecule has 3 rings (SSSR count). The first-order chi connectivity index (χ1) is 13.7. The number of guanidine groups is 1. The number of benzene rings is 1. The summed E-state index contributed by atoms with van der Waals surface area (Å²) in [6, 6.07) is 11.1. The molecular formula is C21H28N4O2S. The summed E-state index contributed by atoms with van der Waals surface area (Å²) in [6.07, 6.45) is 2.67. The summed E-state index contributed by atoms with van der Waals surface area (Å²) < 4.78 is 5.11. The zero-order valence-electron chi connectivity index (χ0n) is 16.5. The normalized spacial score (nSPS) is 17.4. The molecule has 1 fully saturated rings. The molecule has 1 aromatic carbocycles. The zero-order valence-corrected chi connectivity index (χ0v) is 17.3. The van der Waals surface area contributed by atoms with Gasteiger partial charge in [0.25, 0.3) is 5.91 Å². The molecule has 0 aliphatic carbocycles. The zero-order chi connectivity index (χ0) is 19.8. The van der Waals surface area contributed by atoms with Crippen molar-refractivity contribution in [3.8, 4) is 0 Å². The molecule has 0 radical (unpaired) electrons. The van der Waals surface area contributed by atoms with Crippen molar-refractivity contribution in [2.24, 2.45) is 4.99 Å². The molecule has 1 saturated heterocycles. The smallest absolute Gasteiger partial charge is 0.291 e. The molecule has 0 spiro atoms. The summed E-state index contributed by atoms with van der Waals surface area (Å²) in [7, 11) is 0. The predicted octanol–water partition coefficient (Wildman–Crippen LogP) is 3.82. The average molecular weight is 401 g/mol. The van der Waals surface area contributed by atoms with Crippen molar-refractivity contribution in [3.05, 3.63) is 54.0 Å². The maximum Gasteiger partial charge on any atom is 0.291 e. The lowest BCUT2D eigenvalue weighted by Gasteiger charge is -2.34. The van der Waals surface area contributed by atoms with Crippen LogP contribution >= 0.6 is 11.8 Å². The topological polar surface area (TPSA) is 69.9 Å². The molecule has 7 heteroatoms. The largest absolute Gasteiger partial charge is 0.459 e. The third kappa shape index (κ3) is 5.55. The number of thioether (sulfide) groups is 1. The third-order valence-electron chi connectivity index (χ3n) is 4.60. The number of anilines is 1. The van der Waals surface area contributed by atoms with Crippen LogP contribution in [0.15, 0.2) is 52.1 Å². The highest BCUT2D eigenvalue weighted by Gasteiger charge is 2.21. The number of aliphatic imine (C=N–C) groups is 1. The number of furan rings is 1. The molecule has 1 amide bonds. The first kappa shape index (κ1) is 20.3. The molecule has 1 aliphatic heterocycles. The van der Waals surface area contributed by atoms with E-state index in [1.54, 1.807) is 12.1 Å². The lowest BCUT2D eigenvalue weighted by molar-refractivity contribution is 0.0996. The van der Waals surface area contributed by atoms with Gasteiger partial charge in [-0.15, -0.1) is 0 Å². The van der Waals surface area contributed by atoms with Crippen LogP contribution in [-0.4, -0.2) is 47.4 Å². The minimum atomic E-state index is -0.251. The second-order valence-corrected chi connectivity index (χ2v) is 8.05. The molecule has 28 heavy (non-hydrogen) atoms. The van der Waals surface area contributed by atoms with E-state index in [4.69, 9.17) is 9.41 Å². The molecule has 2 heterocycles. The lowest BCUT2D eigenvalue weighted by Crippen LogP contribution is -2.48. The second kappa shape index (κ2) is 10.2. The highest BCUT2D eigenvalue weighted by Crippen LogP contribution is 2.21. The number of carbonyl (C=O) groups excluding carboxylic acids is 1. The molecule has 6 nitrogen and oxygen atoms in total. The number of hydrogen-bond donors (Lipinski definition) is 2. The fourth-order valence-corrected chi connectivity index (χ4v) is 4.22. The van der Waals surface area contributed by atoms with Crippen LogP contribution in [0.4, 0.5) is 5.69 Å². The first-order valence-corrected chi connectivity index (χ1v) is 10.8. The van der Waals surface area contributed by atoms with Gasteiger partial charge in [-0.3, -0.25) is 4.79 Å². The highest BCUT2D eigenvalue weighted by atomic mass is 32.2. The fourth-order valence-electron chi connectivity index (χ4n) is 3.04. The Hall–Kier alpha value is -2.41. The van der Waals surface area contributed by atoms with Gasteiger partial charge in [0.15, 0.2) is 11.7 Å². The van der Waals surface area contributed by atoms with E-state index in [0.29, 0.717) is 17.6 Å². The van der Waals surface area contributed by atoms with Crippen LogP contribution in [0.25, 0.3) is 0 Å². The van der Waals surface area contributed by atoms with E-state index < -0.39 is 0 Å². The number of amides is 1. The summed E-state index contributed by atoms with van der Waals surface area (Å²) >= 11 is 2.06. The van der Waals surface area contributed by atoms with Crippen LogP contribution in [0.1, 0.15) is 36.4 Å². The Morgan fingerprint density at radius 2 is 2.11 bits per heavy atom. The van der Waals surface area contributed by atoms with Gasteiger partial charge in [-0.05, 0) is 43.2 Å². The van der Waals surface area contributed by atoms with Gasteiger partial charge in [0.05, 0.1) is 12.8 Å². The van der Waals surface area contributed by atoms with Gasteiger partial charge in [-0.2, -0.15) is 11.8 Å². The molecule has 1 aromatic heterocycles. The fraction of sp³-hybridized carbons (Fsp3) is 0.429. The third-order valence-corrected chi connectivity index (χ3v) is 5.97. The van der Waals surface area contributed by atoms with E-state index in [2.05, 4.69) is 41.1 Å². The van der Waals surface area contributed by atoms with Crippen molar-refractivity contribution in [1.82, 2.24) is 10.2 Å². The standard InChI is InChI=1S/C21H28N4O2S/c1-3-18-15-25(11-13-28-18)21(22-4-2)23-14-16-7-9-17(10-8-16)24-20(26)19-6-5-12-27-19/h5-10,12,18H,3-4,11,13-15H2,1-2H3,(H,22,23)(H,24,26). The van der Waals surface area contributed by atoms with Crippen molar-refractivity contribution >= 4 is 29.3 Å². The SMILES string of the molecule is CCNC(=NCc1ccc(NC(=O)c2ccco2)cc1)N1CCSC(CC)C1. The molecule has 1 aliphatic rings. The molecule has 0 saturated carbocycles. The minimum Gasteiger partial charge on any atom is -0.459 e. The van der Waals surface area contributed by atoms with Gasteiger partial charge in [-0.25, -0.2) is 4.99 Å². The van der Waals surface area contributed by atoms with Crippen LogP contribution in [0.3, 0.4) is 0 Å². The van der Waals surface area contributed by atoms with E-state index in [1.807, 2.05) is 24.3 Å². The molecule has 2 N–H and O–H groups in total. The summed E-state index contributed by atoms with van der Waals surface area (Å²) in [5.41, 5.74) is 1.84. The lowest BCUT2D eigenvalue weighted by atomic mass is 10.2. The Balaban J connectivity index is 1.60. The van der Waals surface area contributed by atoms with Gasteiger partial charge in [0, 0.05) is 36.3 Å². The van der Waals surface area contributed by atoms with Gasteiger partial charge in [0.2, 0.25) is 0 Å². The Morgan fingerprint density at radius 1 is 1.29 bits per heavy atom. The maximum atomic E-state index is 12.0. The molecule has 150 valence electrons. The molecule has 1 atom stereocenters. The van der Waals surface area contributed by atoms with Crippen molar-refractivity contribution in [2.75, 3.05) is 30.7 Å². The van der Waals surface area contributed by atoms with Gasteiger partial charge < -0.3 is 20.0 Å². The molecular weight excluding hydrogens is 372 g/mol. The average Bonchev–Trinajstić information content (AvgIpc) is 3.27.